The molecule has 0 saturated carbocycles. The van der Waals surface area contributed by atoms with Gasteiger partial charge in [0.2, 0.25) is 0 Å². The third-order valence-corrected chi connectivity index (χ3v) is 3.41. The topological polar surface area (TPSA) is 24.5 Å². The van der Waals surface area contributed by atoms with E-state index in [0.29, 0.717) is 12.1 Å². The monoisotopic (exact) mass is 234 g/mol. The van der Waals surface area contributed by atoms with Crippen molar-refractivity contribution in [2.24, 2.45) is 0 Å². The van der Waals surface area contributed by atoms with Gasteiger partial charge in [0.25, 0.3) is 0 Å². The van der Waals surface area contributed by atoms with Crippen molar-refractivity contribution < 1.29 is 4.74 Å². The molecule has 1 fully saturated rings. The Morgan fingerprint density at radius 1 is 1.41 bits per heavy atom. The Morgan fingerprint density at radius 3 is 3.00 bits per heavy atom. The predicted octanol–water partition coefficient (Wildman–Crippen LogP) is 1.88. The maximum Gasteiger partial charge on any atom is 0.119 e. The van der Waals surface area contributed by atoms with Gasteiger partial charge < -0.3 is 10.1 Å². The normalized spacial score (nSPS) is 25.8. The van der Waals surface area contributed by atoms with E-state index < -0.39 is 0 Å². The van der Waals surface area contributed by atoms with Gasteiger partial charge in [-0.1, -0.05) is 12.1 Å². The maximum atomic E-state index is 5.26. The minimum Gasteiger partial charge on any atom is -0.497 e. The molecule has 0 amide bonds. The van der Waals surface area contributed by atoms with Gasteiger partial charge in [0.15, 0.2) is 0 Å². The SMILES string of the molecule is COc1cccc(CN2CC(C)NCC2C)c1. The van der Waals surface area contributed by atoms with Crippen LogP contribution in [0.5, 0.6) is 5.75 Å². The highest BCUT2D eigenvalue weighted by Crippen LogP contribution is 2.17. The largest absolute Gasteiger partial charge is 0.497 e. The van der Waals surface area contributed by atoms with Crippen molar-refractivity contribution in [2.75, 3.05) is 20.2 Å². The molecule has 0 bridgehead atoms. The van der Waals surface area contributed by atoms with E-state index >= 15 is 0 Å². The van der Waals surface area contributed by atoms with E-state index in [2.05, 4.69) is 42.3 Å². The molecule has 3 heteroatoms. The highest BCUT2D eigenvalue weighted by molar-refractivity contribution is 5.28. The Labute approximate surface area is 104 Å². The lowest BCUT2D eigenvalue weighted by molar-refractivity contribution is 0.139. The molecule has 1 saturated heterocycles. The lowest BCUT2D eigenvalue weighted by Crippen LogP contribution is -2.53. The van der Waals surface area contributed by atoms with Crippen molar-refractivity contribution >= 4 is 0 Å². The molecule has 17 heavy (non-hydrogen) atoms. The van der Waals surface area contributed by atoms with E-state index in [1.54, 1.807) is 7.11 Å². The van der Waals surface area contributed by atoms with Gasteiger partial charge in [-0.05, 0) is 31.5 Å². The molecule has 1 aliphatic heterocycles. The second kappa shape index (κ2) is 5.52. The number of nitrogens with one attached hydrogen (secondary N) is 1. The minimum atomic E-state index is 0.580. The number of piperazine rings is 1. The fourth-order valence-corrected chi connectivity index (χ4v) is 2.32. The van der Waals surface area contributed by atoms with Crippen LogP contribution >= 0.6 is 0 Å². The quantitative estimate of drug-likeness (QED) is 0.864. The molecule has 2 rings (SSSR count). The van der Waals surface area contributed by atoms with Gasteiger partial charge in [0.1, 0.15) is 5.75 Å². The number of rotatable bonds is 3. The molecule has 1 N–H and O–H groups in total. The van der Waals surface area contributed by atoms with Crippen molar-refractivity contribution in [1.29, 1.82) is 0 Å². The van der Waals surface area contributed by atoms with E-state index in [4.69, 9.17) is 4.74 Å². The van der Waals surface area contributed by atoms with Crippen LogP contribution in [0.15, 0.2) is 24.3 Å². The van der Waals surface area contributed by atoms with Crippen molar-refractivity contribution in [3.63, 3.8) is 0 Å². The molecule has 3 nitrogen and oxygen atoms in total. The van der Waals surface area contributed by atoms with Crippen molar-refractivity contribution in [1.82, 2.24) is 10.2 Å². The number of ether oxygens (including phenoxy) is 1. The van der Waals surface area contributed by atoms with Gasteiger partial charge in [-0.25, -0.2) is 0 Å². The number of hydrogen-bond acceptors (Lipinski definition) is 3. The summed E-state index contributed by atoms with van der Waals surface area (Å²) < 4.78 is 5.26. The average molecular weight is 234 g/mol. The lowest BCUT2D eigenvalue weighted by atomic mass is 10.1. The fraction of sp³-hybridized carbons (Fsp3) is 0.571. The molecule has 1 aromatic carbocycles. The van der Waals surface area contributed by atoms with Gasteiger partial charge in [0.05, 0.1) is 7.11 Å². The molecule has 1 aromatic rings. The molecule has 0 aromatic heterocycles. The van der Waals surface area contributed by atoms with Crippen LogP contribution in [0.1, 0.15) is 19.4 Å². The first-order valence-electron chi connectivity index (χ1n) is 6.29. The highest BCUT2D eigenvalue weighted by Gasteiger charge is 2.22. The summed E-state index contributed by atoms with van der Waals surface area (Å²) in [6.07, 6.45) is 0. The molecular formula is C14H22N2O. The summed E-state index contributed by atoms with van der Waals surface area (Å²) in [6.45, 7) is 7.71. The summed E-state index contributed by atoms with van der Waals surface area (Å²) in [5, 5.41) is 3.50. The molecule has 1 aliphatic rings. The van der Waals surface area contributed by atoms with Crippen molar-refractivity contribution in [3.05, 3.63) is 29.8 Å². The number of benzene rings is 1. The van der Waals surface area contributed by atoms with Crippen LogP contribution in [0.2, 0.25) is 0 Å². The molecular weight excluding hydrogens is 212 g/mol. The predicted molar refractivity (Wildman–Crippen MR) is 70.3 cm³/mol. The first-order valence-corrected chi connectivity index (χ1v) is 6.29. The Morgan fingerprint density at radius 2 is 2.24 bits per heavy atom. The molecule has 0 spiro atoms. The number of nitrogens with zero attached hydrogens (tertiary/aromatic N) is 1. The number of hydrogen-bond donors (Lipinski definition) is 1. The van der Waals surface area contributed by atoms with Gasteiger partial charge in [-0.15, -0.1) is 0 Å². The van der Waals surface area contributed by atoms with Crippen LogP contribution in [0.4, 0.5) is 0 Å². The minimum absolute atomic E-state index is 0.580. The van der Waals surface area contributed by atoms with Crippen LogP contribution in [-0.4, -0.2) is 37.2 Å². The summed E-state index contributed by atoms with van der Waals surface area (Å²) in [6, 6.07) is 9.52. The van der Waals surface area contributed by atoms with Gasteiger partial charge in [-0.3, -0.25) is 4.90 Å². The lowest BCUT2D eigenvalue weighted by Gasteiger charge is -2.37. The van der Waals surface area contributed by atoms with Gasteiger partial charge in [-0.2, -0.15) is 0 Å². The molecule has 2 atom stereocenters. The average Bonchev–Trinajstić information content (AvgIpc) is 2.34. The molecule has 0 radical (unpaired) electrons. The summed E-state index contributed by atoms with van der Waals surface area (Å²) in [5.74, 6) is 0.943. The summed E-state index contributed by atoms with van der Waals surface area (Å²) in [7, 11) is 1.72. The van der Waals surface area contributed by atoms with Crippen LogP contribution < -0.4 is 10.1 Å². The standard InChI is InChI=1S/C14H22N2O/c1-11-9-16(12(2)8-15-11)10-13-5-4-6-14(7-13)17-3/h4-7,11-12,15H,8-10H2,1-3H3. The van der Waals surface area contributed by atoms with Gasteiger partial charge >= 0.3 is 0 Å². The van der Waals surface area contributed by atoms with E-state index in [9.17, 15) is 0 Å². The zero-order chi connectivity index (χ0) is 12.3. The summed E-state index contributed by atoms with van der Waals surface area (Å²) in [5.41, 5.74) is 1.32. The highest BCUT2D eigenvalue weighted by atomic mass is 16.5. The Hall–Kier alpha value is -1.06. The third-order valence-electron chi connectivity index (χ3n) is 3.41. The molecule has 94 valence electrons. The second-order valence-corrected chi connectivity index (χ2v) is 4.94. The van der Waals surface area contributed by atoms with E-state index in [1.165, 1.54) is 5.56 Å². The zero-order valence-electron chi connectivity index (χ0n) is 10.9. The summed E-state index contributed by atoms with van der Waals surface area (Å²) in [4.78, 5) is 2.52. The van der Waals surface area contributed by atoms with Crippen LogP contribution in [-0.2, 0) is 6.54 Å². The Kier molecular flexibility index (Phi) is 4.02. The first-order chi connectivity index (χ1) is 8.19. The molecule has 1 heterocycles. The second-order valence-electron chi connectivity index (χ2n) is 4.94. The molecule has 0 aliphatic carbocycles. The van der Waals surface area contributed by atoms with Crippen LogP contribution in [0.3, 0.4) is 0 Å². The maximum absolute atomic E-state index is 5.26. The Balaban J connectivity index is 2.03. The van der Waals surface area contributed by atoms with Crippen molar-refractivity contribution in [2.45, 2.75) is 32.5 Å². The number of methoxy groups -OCH3 is 1. The summed E-state index contributed by atoms with van der Waals surface area (Å²) >= 11 is 0. The molecule has 2 unspecified atom stereocenters. The smallest absolute Gasteiger partial charge is 0.119 e. The van der Waals surface area contributed by atoms with E-state index in [-0.39, 0.29) is 0 Å². The van der Waals surface area contributed by atoms with Gasteiger partial charge in [0, 0.05) is 31.7 Å². The van der Waals surface area contributed by atoms with E-state index in [0.717, 1.165) is 25.4 Å². The van der Waals surface area contributed by atoms with E-state index in [1.807, 2.05) is 6.07 Å². The van der Waals surface area contributed by atoms with Crippen LogP contribution in [0, 0.1) is 0 Å². The first kappa shape index (κ1) is 12.4. The Bertz CT molecular complexity index is 367. The van der Waals surface area contributed by atoms with Crippen LogP contribution in [0.25, 0.3) is 0 Å². The fourth-order valence-electron chi connectivity index (χ4n) is 2.32. The van der Waals surface area contributed by atoms with Crippen molar-refractivity contribution in [3.8, 4) is 5.75 Å². The zero-order valence-corrected chi connectivity index (χ0v) is 10.9. The third kappa shape index (κ3) is 3.20.